The van der Waals surface area contributed by atoms with Gasteiger partial charge >= 0.3 is 0 Å². The zero-order chi connectivity index (χ0) is 20.9. The summed E-state index contributed by atoms with van der Waals surface area (Å²) in [5.41, 5.74) is 3.83. The van der Waals surface area contributed by atoms with Crippen LogP contribution >= 0.6 is 0 Å². The van der Waals surface area contributed by atoms with Crippen molar-refractivity contribution in [3.63, 3.8) is 0 Å². The first kappa shape index (κ1) is 22.6. The van der Waals surface area contributed by atoms with Crippen molar-refractivity contribution in [3.8, 4) is 0 Å². The zero-order valence-corrected chi connectivity index (χ0v) is 17.8. The van der Waals surface area contributed by atoms with Gasteiger partial charge in [0.2, 0.25) is 0 Å². The topological polar surface area (TPSA) is 21.1 Å². The van der Waals surface area contributed by atoms with Gasteiger partial charge in [0, 0.05) is 19.3 Å². The van der Waals surface area contributed by atoms with E-state index >= 15 is 0 Å². The molecule has 1 saturated heterocycles. The van der Waals surface area contributed by atoms with E-state index in [-0.39, 0.29) is 0 Å². The molecule has 29 heavy (non-hydrogen) atoms. The Morgan fingerprint density at radius 3 is 2.45 bits per heavy atom. The van der Waals surface area contributed by atoms with Crippen LogP contribution in [-0.4, -0.2) is 27.5 Å². The van der Waals surface area contributed by atoms with Crippen LogP contribution in [0.25, 0.3) is 0 Å². The van der Waals surface area contributed by atoms with Crippen LogP contribution in [0.5, 0.6) is 0 Å². The van der Waals surface area contributed by atoms with Gasteiger partial charge in [-0.3, -0.25) is 4.90 Å². The highest BCUT2D eigenvalue weighted by Gasteiger charge is 2.20. The van der Waals surface area contributed by atoms with Gasteiger partial charge in [-0.1, -0.05) is 74.4 Å². The summed E-state index contributed by atoms with van der Waals surface area (Å²) in [6.45, 7) is 17.5. The fraction of sp³-hybridized carbons (Fsp3) is 0.346. The number of hydrogen-bond donors (Lipinski definition) is 0. The van der Waals surface area contributed by atoms with E-state index in [4.69, 9.17) is 0 Å². The highest BCUT2D eigenvalue weighted by Crippen LogP contribution is 2.26. The standard InChI is InChI=1S/C26H35N3/c1-5-9-13-23(10-6-2)18-24-14-16-28(17-15-24)21-26-19-27-22-29(26)20-25(11-7-3)12-8-4/h5-13,19,22,24H,1-3,14-18,20-21H2,4H3/b12-8-,13-9-,23-10+,25-11+. The third-order valence-electron chi connectivity index (χ3n) is 5.26. The van der Waals surface area contributed by atoms with Gasteiger partial charge in [0.25, 0.3) is 0 Å². The lowest BCUT2D eigenvalue weighted by atomic mass is 9.89. The van der Waals surface area contributed by atoms with Crippen LogP contribution in [0.2, 0.25) is 0 Å². The molecule has 1 aromatic rings. The molecule has 0 aromatic carbocycles. The van der Waals surface area contributed by atoms with Crippen molar-refractivity contribution in [3.05, 3.63) is 104 Å². The molecule has 2 heterocycles. The van der Waals surface area contributed by atoms with Crippen molar-refractivity contribution < 1.29 is 0 Å². The average molecular weight is 390 g/mol. The summed E-state index contributed by atoms with van der Waals surface area (Å²) in [6.07, 6.45) is 25.6. The molecule has 0 bridgehead atoms. The van der Waals surface area contributed by atoms with Crippen LogP contribution in [0, 0.1) is 5.92 Å². The molecule has 1 aliphatic rings. The van der Waals surface area contributed by atoms with E-state index in [0.717, 1.165) is 38.5 Å². The third kappa shape index (κ3) is 7.71. The van der Waals surface area contributed by atoms with Crippen LogP contribution in [0.4, 0.5) is 0 Å². The summed E-state index contributed by atoms with van der Waals surface area (Å²) in [5, 5.41) is 0. The molecule has 154 valence electrons. The van der Waals surface area contributed by atoms with Crippen LogP contribution in [0.3, 0.4) is 0 Å². The van der Waals surface area contributed by atoms with Crippen LogP contribution in [0.1, 0.15) is 31.9 Å². The van der Waals surface area contributed by atoms with Crippen LogP contribution in [-0.2, 0) is 13.1 Å². The lowest BCUT2D eigenvalue weighted by molar-refractivity contribution is 0.174. The van der Waals surface area contributed by atoms with Gasteiger partial charge in [-0.25, -0.2) is 4.98 Å². The maximum atomic E-state index is 4.39. The summed E-state index contributed by atoms with van der Waals surface area (Å²) in [7, 11) is 0. The minimum absolute atomic E-state index is 0.730. The van der Waals surface area contributed by atoms with E-state index < -0.39 is 0 Å². The Labute approximate surface area is 176 Å². The molecule has 0 unspecified atom stereocenters. The molecular weight excluding hydrogens is 354 g/mol. The first-order chi connectivity index (χ1) is 14.2. The van der Waals surface area contributed by atoms with Crippen molar-refractivity contribution in [2.75, 3.05) is 13.1 Å². The van der Waals surface area contributed by atoms with E-state index in [2.05, 4.69) is 64.6 Å². The minimum atomic E-state index is 0.730. The molecule has 0 aliphatic carbocycles. The first-order valence-electron chi connectivity index (χ1n) is 10.5. The Kier molecular flexibility index (Phi) is 9.94. The second-order valence-electron chi connectivity index (χ2n) is 7.49. The summed E-state index contributed by atoms with van der Waals surface area (Å²) in [6, 6.07) is 0. The number of nitrogens with zero attached hydrogens (tertiary/aromatic N) is 3. The maximum Gasteiger partial charge on any atom is 0.0951 e. The highest BCUT2D eigenvalue weighted by molar-refractivity contribution is 5.26. The smallest absolute Gasteiger partial charge is 0.0951 e. The van der Waals surface area contributed by atoms with Gasteiger partial charge < -0.3 is 4.57 Å². The fourth-order valence-corrected chi connectivity index (χ4v) is 3.79. The Hall–Kier alpha value is -2.65. The fourth-order valence-electron chi connectivity index (χ4n) is 3.79. The molecule has 3 nitrogen and oxygen atoms in total. The predicted octanol–water partition coefficient (Wildman–Crippen LogP) is 6.03. The Balaban J connectivity index is 1.91. The number of piperidine rings is 1. The number of allylic oxidation sites excluding steroid dienone is 11. The Morgan fingerprint density at radius 1 is 1.07 bits per heavy atom. The van der Waals surface area contributed by atoms with Gasteiger partial charge in [0.1, 0.15) is 0 Å². The largest absolute Gasteiger partial charge is 0.329 e. The van der Waals surface area contributed by atoms with E-state index in [1.165, 1.54) is 29.7 Å². The third-order valence-corrected chi connectivity index (χ3v) is 5.26. The molecule has 1 aliphatic heterocycles. The molecule has 1 fully saturated rings. The second-order valence-corrected chi connectivity index (χ2v) is 7.49. The molecule has 0 radical (unpaired) electrons. The molecule has 0 N–H and O–H groups in total. The number of likely N-dealkylation sites (tertiary alicyclic amines) is 1. The summed E-state index contributed by atoms with van der Waals surface area (Å²) in [4.78, 5) is 6.94. The van der Waals surface area contributed by atoms with Crippen molar-refractivity contribution in [2.45, 2.75) is 39.3 Å². The number of aromatic nitrogens is 2. The number of imidazole rings is 1. The monoisotopic (exact) mass is 389 g/mol. The lowest BCUT2D eigenvalue weighted by Gasteiger charge is -2.32. The molecule has 0 spiro atoms. The second kappa shape index (κ2) is 12.7. The maximum absolute atomic E-state index is 4.39. The first-order valence-corrected chi connectivity index (χ1v) is 10.5. The van der Waals surface area contributed by atoms with Gasteiger partial charge in [0.05, 0.1) is 12.0 Å². The summed E-state index contributed by atoms with van der Waals surface area (Å²) >= 11 is 0. The van der Waals surface area contributed by atoms with E-state index in [0.29, 0.717) is 0 Å². The number of rotatable bonds is 11. The molecule has 0 amide bonds. The zero-order valence-electron chi connectivity index (χ0n) is 17.8. The van der Waals surface area contributed by atoms with Crippen LogP contribution < -0.4 is 0 Å². The normalized spacial score (nSPS) is 17.3. The molecule has 3 heteroatoms. The Morgan fingerprint density at radius 2 is 1.79 bits per heavy atom. The quantitative estimate of drug-likeness (QED) is 0.431. The average Bonchev–Trinajstić information content (AvgIpc) is 3.14. The van der Waals surface area contributed by atoms with Crippen molar-refractivity contribution in [2.24, 2.45) is 5.92 Å². The molecule has 0 saturated carbocycles. The molecule has 2 rings (SSSR count). The van der Waals surface area contributed by atoms with Crippen molar-refractivity contribution >= 4 is 0 Å². The van der Waals surface area contributed by atoms with Crippen molar-refractivity contribution in [1.82, 2.24) is 14.5 Å². The van der Waals surface area contributed by atoms with Gasteiger partial charge in [0.15, 0.2) is 0 Å². The molecule has 1 aromatic heterocycles. The number of hydrogen-bond acceptors (Lipinski definition) is 2. The minimum Gasteiger partial charge on any atom is -0.329 e. The summed E-state index contributed by atoms with van der Waals surface area (Å²) < 4.78 is 2.24. The van der Waals surface area contributed by atoms with Crippen LogP contribution in [0.15, 0.2) is 98.1 Å². The Bertz CT molecular complexity index is 781. The predicted molar refractivity (Wildman–Crippen MR) is 126 cm³/mol. The van der Waals surface area contributed by atoms with Gasteiger partial charge in [-0.05, 0) is 56.3 Å². The van der Waals surface area contributed by atoms with Crippen molar-refractivity contribution in [1.29, 1.82) is 0 Å². The SMILES string of the molecule is C=C/C=C\C(=C/C=C)CC1CCN(Cc2cncn2CC(/C=C\C)=C/C=C)CC1. The van der Waals surface area contributed by atoms with E-state index in [1.807, 2.05) is 43.8 Å². The van der Waals surface area contributed by atoms with E-state index in [1.54, 1.807) is 0 Å². The summed E-state index contributed by atoms with van der Waals surface area (Å²) in [5.74, 6) is 0.730. The lowest BCUT2D eigenvalue weighted by Crippen LogP contribution is -2.34. The van der Waals surface area contributed by atoms with Gasteiger partial charge in [-0.15, -0.1) is 0 Å². The highest BCUT2D eigenvalue weighted by atomic mass is 15.2. The van der Waals surface area contributed by atoms with E-state index in [9.17, 15) is 0 Å². The van der Waals surface area contributed by atoms with Gasteiger partial charge in [-0.2, -0.15) is 0 Å². The molecule has 0 atom stereocenters. The molecular formula is C26H35N3.